The zero-order valence-corrected chi connectivity index (χ0v) is 55.8. The Morgan fingerprint density at radius 2 is 1.17 bits per heavy atom. The van der Waals surface area contributed by atoms with Gasteiger partial charge in [-0.3, -0.25) is 43.3 Å². The Bertz CT molecular complexity index is 3060. The van der Waals surface area contributed by atoms with Crippen molar-refractivity contribution >= 4 is 70.0 Å². The molecule has 1 aromatic heterocycles. The SMILES string of the molecule is CCCCCCCCCCCCCCCC(=O)Oc1ccc(CC(NC(=O)C(NC(=O)C(CCCN=C(N)N)NC(=O)CNC)C(C)C)C(=O)NC(C(=O)NC(Cc2cnc[nH]2)C(=O)NC(C(=O)NC(Cc2ccc3ccccc3c2)C(=O)O)C2CCCN2)C(C)C)cc1. The minimum atomic E-state index is -1.41. The summed E-state index contributed by atoms with van der Waals surface area (Å²) < 4.78 is 5.69. The normalized spacial score (nSPS) is 15.1. The van der Waals surface area contributed by atoms with Gasteiger partial charge in [-0.15, -0.1) is 0 Å². The lowest BCUT2D eigenvalue weighted by Gasteiger charge is -2.30. The topological polar surface area (TPSA) is 384 Å². The number of aromatic amines is 1. The molecule has 25 nitrogen and oxygen atoms in total. The fraction of sp³-hybridized carbons (Fsp3) is 0.580. The maximum absolute atomic E-state index is 14.9. The van der Waals surface area contributed by atoms with Gasteiger partial charge in [-0.25, -0.2) is 9.78 Å². The summed E-state index contributed by atoms with van der Waals surface area (Å²) in [5.41, 5.74) is 12.7. The monoisotopic (exact) mass is 1300 g/mol. The van der Waals surface area contributed by atoms with E-state index in [0.717, 1.165) is 30.0 Å². The molecule has 3 aromatic carbocycles. The van der Waals surface area contributed by atoms with Crippen LogP contribution in [-0.4, -0.2) is 149 Å². The molecule has 25 heteroatoms. The van der Waals surface area contributed by atoms with Crippen molar-refractivity contribution in [2.75, 3.05) is 26.7 Å². The lowest BCUT2D eigenvalue weighted by molar-refractivity contribution is -0.142. The third kappa shape index (κ3) is 27.2. The first-order valence-electron chi connectivity index (χ1n) is 33.7. The molecule has 1 aliphatic rings. The molecule has 1 aliphatic heterocycles. The zero-order chi connectivity index (χ0) is 68.4. The second-order valence-corrected chi connectivity index (χ2v) is 25.3. The van der Waals surface area contributed by atoms with E-state index in [1.165, 1.54) is 70.3 Å². The average Bonchev–Trinajstić information content (AvgIpc) is 1.12. The van der Waals surface area contributed by atoms with Gasteiger partial charge in [-0.2, -0.15) is 0 Å². The number of hydrogen-bond donors (Lipinski definition) is 13. The van der Waals surface area contributed by atoms with E-state index in [-0.39, 0.29) is 62.9 Å². The van der Waals surface area contributed by atoms with Gasteiger partial charge >= 0.3 is 11.9 Å². The lowest BCUT2D eigenvalue weighted by Crippen LogP contribution is -2.63. The lowest BCUT2D eigenvalue weighted by atomic mass is 9.98. The van der Waals surface area contributed by atoms with Crippen molar-refractivity contribution in [1.29, 1.82) is 0 Å². The molecule has 94 heavy (non-hydrogen) atoms. The number of carboxylic acid groups (broad SMARTS) is 1. The van der Waals surface area contributed by atoms with E-state index in [1.807, 2.05) is 36.4 Å². The van der Waals surface area contributed by atoms with Crippen LogP contribution < -0.4 is 64.1 Å². The maximum atomic E-state index is 14.9. The number of ether oxygens (including phenoxy) is 1. The molecule has 0 saturated carbocycles. The smallest absolute Gasteiger partial charge is 0.326 e. The molecular weight excluding hydrogens is 1200 g/mol. The number of fused-ring (bicyclic) bond motifs is 1. The van der Waals surface area contributed by atoms with Crippen molar-refractivity contribution in [3.8, 4) is 5.75 Å². The van der Waals surface area contributed by atoms with Gasteiger partial charge in [0, 0.05) is 50.2 Å². The van der Waals surface area contributed by atoms with E-state index in [4.69, 9.17) is 16.2 Å². The van der Waals surface area contributed by atoms with Crippen LogP contribution in [0.4, 0.5) is 0 Å². The number of aliphatic imine (C=N–C) groups is 1. The number of carbonyl (C=O) groups is 9. The second-order valence-electron chi connectivity index (χ2n) is 25.3. The number of nitrogens with one attached hydrogen (secondary N) is 10. The fourth-order valence-corrected chi connectivity index (χ4v) is 11.4. The van der Waals surface area contributed by atoms with Gasteiger partial charge in [0.25, 0.3) is 0 Å². The number of rotatable bonds is 44. The van der Waals surface area contributed by atoms with Crippen LogP contribution in [0.15, 0.2) is 84.2 Å². The number of aliphatic carboxylic acids is 1. The minimum absolute atomic E-state index is 0.0453. The van der Waals surface area contributed by atoms with Gasteiger partial charge in [-0.1, -0.05) is 166 Å². The number of guanidine groups is 1. The van der Waals surface area contributed by atoms with Crippen LogP contribution in [0.5, 0.6) is 5.75 Å². The van der Waals surface area contributed by atoms with E-state index in [1.54, 1.807) is 65.1 Å². The number of esters is 1. The highest BCUT2D eigenvalue weighted by Crippen LogP contribution is 2.21. The third-order valence-corrected chi connectivity index (χ3v) is 16.7. The molecule has 0 bridgehead atoms. The number of hydrogen-bond acceptors (Lipinski definition) is 14. The van der Waals surface area contributed by atoms with Crippen molar-refractivity contribution < 1.29 is 53.0 Å². The summed E-state index contributed by atoms with van der Waals surface area (Å²) >= 11 is 0. The predicted octanol–water partition coefficient (Wildman–Crippen LogP) is 4.79. The number of nitrogens with two attached hydrogens (primary N) is 2. The van der Waals surface area contributed by atoms with Crippen molar-refractivity contribution in [3.05, 3.63) is 96.1 Å². The Hall–Kier alpha value is -8.45. The standard InChI is InChI=1S/C69H104N14O11/c1-7-8-9-10-11-12-13-14-15-16-17-18-19-28-58(85)94-51-33-30-46(31-34-51)38-54(78-65(89)59(44(2)3)81-62(86)53(77-57(84)42-72-6)27-23-36-75-69(70)71)63(87)82-60(45(4)5)66(90)79-55(40-50-41-73-43-76-50)64(88)83-61(52-26-22-35-74-52)67(91)80-56(68(92)93)39-47-29-32-48-24-20-21-25-49(48)37-47/h20-21,24-25,29-34,37,41,43-45,52-56,59-61,72,74H,7-19,22-23,26-28,35-36,38-40,42H2,1-6H3,(H,73,76)(H,77,84)(H,78,89)(H,79,90)(H,80,91)(H,81,86)(H,82,87)(H,83,88)(H,92,93)(H4,70,71,75). The number of amides is 7. The number of aromatic nitrogens is 2. The van der Waals surface area contributed by atoms with Crippen LogP contribution in [0, 0.1) is 11.8 Å². The molecule has 15 N–H and O–H groups in total. The molecule has 8 atom stereocenters. The molecule has 516 valence electrons. The van der Waals surface area contributed by atoms with Gasteiger partial charge < -0.3 is 74.1 Å². The molecule has 7 amide bonds. The maximum Gasteiger partial charge on any atom is 0.326 e. The number of carboxylic acids is 1. The van der Waals surface area contributed by atoms with Gasteiger partial charge in [0.05, 0.1) is 12.9 Å². The minimum Gasteiger partial charge on any atom is -0.480 e. The molecule has 1 fully saturated rings. The number of likely N-dealkylation sites (N-methyl/N-ethyl adjacent to an activating group) is 1. The highest BCUT2D eigenvalue weighted by Gasteiger charge is 2.39. The average molecular weight is 1310 g/mol. The number of benzene rings is 3. The quantitative estimate of drug-likeness (QED) is 0.00930. The van der Waals surface area contributed by atoms with E-state index < -0.39 is 107 Å². The predicted molar refractivity (Wildman–Crippen MR) is 362 cm³/mol. The van der Waals surface area contributed by atoms with E-state index in [9.17, 15) is 48.3 Å². The molecule has 1 saturated heterocycles. The summed E-state index contributed by atoms with van der Waals surface area (Å²) in [7, 11) is 1.57. The van der Waals surface area contributed by atoms with Crippen LogP contribution in [-0.2, 0) is 62.4 Å². The second kappa shape index (κ2) is 41.3. The number of imidazole rings is 1. The Kier molecular flexibility index (Phi) is 33.5. The van der Waals surface area contributed by atoms with Crippen LogP contribution in [0.3, 0.4) is 0 Å². The fourth-order valence-electron chi connectivity index (χ4n) is 11.4. The first kappa shape index (κ1) is 76.3. The molecule has 0 aliphatic carbocycles. The van der Waals surface area contributed by atoms with Crippen LogP contribution in [0.2, 0.25) is 0 Å². The van der Waals surface area contributed by atoms with Gasteiger partial charge in [0.1, 0.15) is 48.0 Å². The third-order valence-electron chi connectivity index (χ3n) is 16.7. The van der Waals surface area contributed by atoms with Gasteiger partial charge in [0.2, 0.25) is 41.4 Å². The molecule has 0 spiro atoms. The first-order valence-corrected chi connectivity index (χ1v) is 33.7. The summed E-state index contributed by atoms with van der Waals surface area (Å²) in [6.45, 7) is 9.57. The van der Waals surface area contributed by atoms with Gasteiger partial charge in [-0.05, 0) is 91.6 Å². The van der Waals surface area contributed by atoms with E-state index in [2.05, 4.69) is 69.7 Å². The zero-order valence-electron chi connectivity index (χ0n) is 55.8. The van der Waals surface area contributed by atoms with Crippen LogP contribution in [0.1, 0.15) is 167 Å². The first-order chi connectivity index (χ1) is 45.1. The summed E-state index contributed by atoms with van der Waals surface area (Å²) in [4.78, 5) is 137. The van der Waals surface area contributed by atoms with Crippen molar-refractivity contribution in [2.24, 2.45) is 28.3 Å². The Morgan fingerprint density at radius 1 is 0.617 bits per heavy atom. The highest BCUT2D eigenvalue weighted by atomic mass is 16.5. The summed E-state index contributed by atoms with van der Waals surface area (Å²) in [6, 6.07) is 9.89. The molecular formula is C69H104N14O11. The number of H-pyrrole nitrogens is 1. The van der Waals surface area contributed by atoms with Crippen LogP contribution in [0.25, 0.3) is 10.8 Å². The van der Waals surface area contributed by atoms with E-state index in [0.29, 0.717) is 49.0 Å². The molecule has 2 heterocycles. The largest absolute Gasteiger partial charge is 0.480 e. The number of unbranched alkanes of at least 4 members (excludes halogenated alkanes) is 12. The number of carbonyl (C=O) groups excluding carboxylic acids is 8. The van der Waals surface area contributed by atoms with Crippen LogP contribution >= 0.6 is 0 Å². The summed E-state index contributed by atoms with van der Waals surface area (Å²) in [5, 5.41) is 37.6. The Balaban J connectivity index is 1.34. The molecule has 8 unspecified atom stereocenters. The summed E-state index contributed by atoms with van der Waals surface area (Å²) in [5.74, 6) is -7.77. The number of nitrogens with zero attached hydrogens (tertiary/aromatic N) is 2. The van der Waals surface area contributed by atoms with E-state index >= 15 is 0 Å². The summed E-state index contributed by atoms with van der Waals surface area (Å²) in [6.07, 6.45) is 19.6. The van der Waals surface area contributed by atoms with Crippen molar-refractivity contribution in [2.45, 2.75) is 218 Å². The molecule has 4 aromatic rings. The highest BCUT2D eigenvalue weighted by molar-refractivity contribution is 5.98. The van der Waals surface area contributed by atoms with Crippen molar-refractivity contribution in [3.63, 3.8) is 0 Å². The Morgan fingerprint density at radius 3 is 1.72 bits per heavy atom. The van der Waals surface area contributed by atoms with Gasteiger partial charge in [0.15, 0.2) is 5.96 Å². The Labute approximate surface area is 553 Å². The van der Waals surface area contributed by atoms with Crippen molar-refractivity contribution in [1.82, 2.24) is 57.8 Å². The molecule has 0 radical (unpaired) electrons. The molecule has 5 rings (SSSR count).